The summed E-state index contributed by atoms with van der Waals surface area (Å²) in [7, 11) is -3.43. The van der Waals surface area contributed by atoms with Crippen molar-refractivity contribution in [1.82, 2.24) is 4.57 Å². The fourth-order valence-corrected chi connectivity index (χ4v) is 3.19. The first kappa shape index (κ1) is 14.8. The first-order chi connectivity index (χ1) is 9.38. The van der Waals surface area contributed by atoms with Gasteiger partial charge in [0.15, 0.2) is 9.84 Å². The van der Waals surface area contributed by atoms with Gasteiger partial charge in [0, 0.05) is 29.0 Å². The fourth-order valence-electron chi connectivity index (χ4n) is 1.70. The zero-order chi connectivity index (χ0) is 14.8. The van der Waals surface area contributed by atoms with E-state index in [0.29, 0.717) is 5.69 Å². The van der Waals surface area contributed by atoms with Crippen molar-refractivity contribution in [3.05, 3.63) is 57.4 Å². The summed E-state index contributed by atoms with van der Waals surface area (Å²) in [5.74, 6) is -0.155. The molecule has 0 radical (unpaired) electrons. The average Bonchev–Trinajstić information content (AvgIpc) is 2.40. The molecule has 0 saturated heterocycles. The van der Waals surface area contributed by atoms with Crippen LogP contribution in [0.4, 0.5) is 5.69 Å². The molecule has 106 valence electrons. The summed E-state index contributed by atoms with van der Waals surface area (Å²) in [6.07, 6.45) is 1.44. The van der Waals surface area contributed by atoms with Gasteiger partial charge in [0.25, 0.3) is 5.56 Å². The Hall–Kier alpha value is -1.60. The van der Waals surface area contributed by atoms with Crippen LogP contribution < -0.4 is 11.3 Å². The van der Waals surface area contributed by atoms with Crippen LogP contribution in [0.25, 0.3) is 0 Å². The predicted molar refractivity (Wildman–Crippen MR) is 81.3 cm³/mol. The monoisotopic (exact) mass is 356 g/mol. The van der Waals surface area contributed by atoms with Crippen molar-refractivity contribution in [2.75, 3.05) is 11.5 Å². The highest BCUT2D eigenvalue weighted by Crippen LogP contribution is 2.16. The molecule has 2 N–H and O–H groups in total. The molecule has 2 aromatic rings. The molecule has 20 heavy (non-hydrogen) atoms. The molecule has 7 heteroatoms. The van der Waals surface area contributed by atoms with E-state index in [1.54, 1.807) is 12.1 Å². The predicted octanol–water partition coefficient (Wildman–Crippen LogP) is 1.67. The number of nitrogens with two attached hydrogens (primary N) is 1. The number of hydrogen-bond acceptors (Lipinski definition) is 4. The van der Waals surface area contributed by atoms with Gasteiger partial charge >= 0.3 is 0 Å². The van der Waals surface area contributed by atoms with Crippen LogP contribution >= 0.6 is 15.9 Å². The number of halogens is 1. The maximum absolute atomic E-state index is 12.2. The molecule has 0 aliphatic carbocycles. The number of aromatic nitrogens is 1. The quantitative estimate of drug-likeness (QED) is 0.902. The van der Waals surface area contributed by atoms with E-state index in [4.69, 9.17) is 5.73 Å². The van der Waals surface area contributed by atoms with Crippen molar-refractivity contribution in [2.45, 2.75) is 11.4 Å². The molecule has 0 spiro atoms. The van der Waals surface area contributed by atoms with Crippen molar-refractivity contribution >= 4 is 31.5 Å². The standard InChI is InChI=1S/C13H13BrN2O3S/c14-10-1-4-12(5-2-10)20(18,19)8-7-16-9-11(15)3-6-13(16)17/h1-6,9H,7-8,15H2. The summed E-state index contributed by atoms with van der Waals surface area (Å²) in [5.41, 5.74) is 5.73. The number of nitrogen functional groups attached to an aromatic ring is 1. The lowest BCUT2D eigenvalue weighted by atomic mass is 10.4. The van der Waals surface area contributed by atoms with Crippen molar-refractivity contribution in [2.24, 2.45) is 0 Å². The average molecular weight is 357 g/mol. The normalized spacial score (nSPS) is 11.4. The Balaban J connectivity index is 2.19. The van der Waals surface area contributed by atoms with E-state index in [1.807, 2.05) is 0 Å². The molecule has 0 amide bonds. The minimum atomic E-state index is -3.43. The van der Waals surface area contributed by atoms with E-state index >= 15 is 0 Å². The summed E-state index contributed by atoms with van der Waals surface area (Å²) in [5, 5.41) is 0. The van der Waals surface area contributed by atoms with Gasteiger partial charge in [-0.25, -0.2) is 8.42 Å². The van der Waals surface area contributed by atoms with Gasteiger partial charge < -0.3 is 10.3 Å². The zero-order valence-electron chi connectivity index (χ0n) is 10.5. The molecule has 1 heterocycles. The summed E-state index contributed by atoms with van der Waals surface area (Å²) in [6, 6.07) is 9.20. The number of benzene rings is 1. The number of hydrogen-bond donors (Lipinski definition) is 1. The Kier molecular flexibility index (Phi) is 4.29. The smallest absolute Gasteiger partial charge is 0.250 e. The first-order valence-electron chi connectivity index (χ1n) is 5.83. The van der Waals surface area contributed by atoms with Crippen LogP contribution in [-0.2, 0) is 16.4 Å². The van der Waals surface area contributed by atoms with Gasteiger partial charge in [-0.3, -0.25) is 4.79 Å². The van der Waals surface area contributed by atoms with E-state index < -0.39 is 9.84 Å². The van der Waals surface area contributed by atoms with Crippen molar-refractivity contribution in [3.8, 4) is 0 Å². The number of pyridine rings is 1. The third-order valence-corrected chi connectivity index (χ3v) is 5.02. The first-order valence-corrected chi connectivity index (χ1v) is 8.27. The second kappa shape index (κ2) is 5.80. The molecule has 0 unspecified atom stereocenters. The Morgan fingerprint density at radius 2 is 1.75 bits per heavy atom. The van der Waals surface area contributed by atoms with Gasteiger partial charge in [-0.15, -0.1) is 0 Å². The molecule has 5 nitrogen and oxygen atoms in total. The molecule has 0 aliphatic rings. The Labute approximate surface area is 125 Å². The molecule has 0 saturated carbocycles. The number of nitrogens with zero attached hydrogens (tertiary/aromatic N) is 1. The van der Waals surface area contributed by atoms with E-state index in [2.05, 4.69) is 15.9 Å². The van der Waals surface area contributed by atoms with Gasteiger partial charge in [-0.2, -0.15) is 0 Å². The highest BCUT2D eigenvalue weighted by atomic mass is 79.9. The molecule has 0 atom stereocenters. The Morgan fingerprint density at radius 3 is 2.40 bits per heavy atom. The van der Waals surface area contributed by atoms with Crippen molar-refractivity contribution in [3.63, 3.8) is 0 Å². The minimum absolute atomic E-state index is 0.0717. The van der Waals surface area contributed by atoms with Crippen LogP contribution in [0.2, 0.25) is 0 Å². The van der Waals surface area contributed by atoms with Gasteiger partial charge in [0.2, 0.25) is 0 Å². The van der Waals surface area contributed by atoms with E-state index in [0.717, 1.165) is 4.47 Å². The van der Waals surface area contributed by atoms with Crippen LogP contribution in [-0.4, -0.2) is 18.7 Å². The third-order valence-electron chi connectivity index (χ3n) is 2.78. The molecule has 0 bridgehead atoms. The molecule has 0 fully saturated rings. The number of sulfone groups is 1. The molecular weight excluding hydrogens is 344 g/mol. The van der Waals surface area contributed by atoms with Crippen LogP contribution in [0.1, 0.15) is 0 Å². The van der Waals surface area contributed by atoms with Crippen molar-refractivity contribution in [1.29, 1.82) is 0 Å². The maximum Gasteiger partial charge on any atom is 0.250 e. The van der Waals surface area contributed by atoms with Crippen LogP contribution in [0.15, 0.2) is 56.8 Å². The topological polar surface area (TPSA) is 82.2 Å². The van der Waals surface area contributed by atoms with Gasteiger partial charge in [-0.05, 0) is 30.3 Å². The van der Waals surface area contributed by atoms with Gasteiger partial charge in [-0.1, -0.05) is 15.9 Å². The molecular formula is C13H13BrN2O3S. The second-order valence-electron chi connectivity index (χ2n) is 4.27. The lowest BCUT2D eigenvalue weighted by Crippen LogP contribution is -2.23. The van der Waals surface area contributed by atoms with Crippen LogP contribution in [0.5, 0.6) is 0 Å². The zero-order valence-corrected chi connectivity index (χ0v) is 12.9. The van der Waals surface area contributed by atoms with Gasteiger partial charge in [0.05, 0.1) is 10.6 Å². The van der Waals surface area contributed by atoms with E-state index in [-0.39, 0.29) is 22.8 Å². The summed E-state index contributed by atoms with van der Waals surface area (Å²) >= 11 is 3.25. The summed E-state index contributed by atoms with van der Waals surface area (Å²) in [4.78, 5) is 11.8. The van der Waals surface area contributed by atoms with E-state index in [1.165, 1.54) is 35.0 Å². The minimum Gasteiger partial charge on any atom is -0.398 e. The second-order valence-corrected chi connectivity index (χ2v) is 7.29. The Bertz CT molecular complexity index is 767. The Morgan fingerprint density at radius 1 is 1.10 bits per heavy atom. The maximum atomic E-state index is 12.2. The number of aryl methyl sites for hydroxylation is 1. The van der Waals surface area contributed by atoms with Crippen LogP contribution in [0.3, 0.4) is 0 Å². The summed E-state index contributed by atoms with van der Waals surface area (Å²) < 4.78 is 26.4. The largest absolute Gasteiger partial charge is 0.398 e. The highest BCUT2D eigenvalue weighted by Gasteiger charge is 2.14. The highest BCUT2D eigenvalue weighted by molar-refractivity contribution is 9.10. The lowest BCUT2D eigenvalue weighted by molar-refractivity contribution is 0.587. The third kappa shape index (κ3) is 3.49. The SMILES string of the molecule is Nc1ccc(=O)n(CCS(=O)(=O)c2ccc(Br)cc2)c1. The number of anilines is 1. The molecule has 1 aromatic carbocycles. The molecule has 2 rings (SSSR count). The van der Waals surface area contributed by atoms with Crippen LogP contribution in [0, 0.1) is 0 Å². The van der Waals surface area contributed by atoms with E-state index in [9.17, 15) is 13.2 Å². The lowest BCUT2D eigenvalue weighted by Gasteiger charge is -2.07. The molecule has 0 aliphatic heterocycles. The molecule has 1 aromatic heterocycles. The van der Waals surface area contributed by atoms with Gasteiger partial charge in [0.1, 0.15) is 0 Å². The summed E-state index contributed by atoms with van der Waals surface area (Å²) in [6.45, 7) is 0.0717. The number of rotatable bonds is 4. The van der Waals surface area contributed by atoms with Crippen molar-refractivity contribution < 1.29 is 8.42 Å². The fraction of sp³-hybridized carbons (Fsp3) is 0.154.